The number of pyridine rings is 1. The van der Waals surface area contributed by atoms with Gasteiger partial charge in [0, 0.05) is 12.2 Å². The molecule has 1 aromatic rings. The number of nitrogens with one attached hydrogen (secondary N) is 1. The first kappa shape index (κ1) is 14.5. The van der Waals surface area contributed by atoms with Gasteiger partial charge in [0.25, 0.3) is 0 Å². The van der Waals surface area contributed by atoms with Crippen LogP contribution in [0.3, 0.4) is 0 Å². The lowest BCUT2D eigenvalue weighted by Crippen LogP contribution is -2.15. The number of anilines is 1. The molecule has 98 valence electrons. The Labute approximate surface area is 110 Å². The second-order valence-electron chi connectivity index (χ2n) is 4.76. The van der Waals surface area contributed by atoms with Crippen LogP contribution in [0, 0.1) is 24.2 Å². The molecule has 1 unspecified atom stereocenters. The van der Waals surface area contributed by atoms with Crippen molar-refractivity contribution in [3.05, 3.63) is 23.4 Å². The van der Waals surface area contributed by atoms with Crippen LogP contribution < -0.4 is 5.32 Å². The van der Waals surface area contributed by atoms with Crippen LogP contribution in [-0.4, -0.2) is 11.5 Å². The predicted octanol–water partition coefficient (Wildman–Crippen LogP) is 3.89. The highest BCUT2D eigenvalue weighted by atomic mass is 15.0. The Kier molecular flexibility index (Phi) is 6.21. The maximum absolute atomic E-state index is 9.04. The minimum absolute atomic E-state index is 0.631. The molecule has 0 aliphatic rings. The number of hydrogen-bond donors (Lipinski definition) is 1. The number of unbranched alkanes of at least 4 members (excludes halogenated alkanes) is 1. The van der Waals surface area contributed by atoms with Gasteiger partial charge in [-0.2, -0.15) is 5.26 Å². The molecule has 0 bridgehead atoms. The molecule has 0 aliphatic carbocycles. The minimum Gasteiger partial charge on any atom is -0.369 e. The lowest BCUT2D eigenvalue weighted by Gasteiger charge is -2.16. The molecule has 1 heterocycles. The molecule has 0 saturated carbocycles. The first-order valence-electron chi connectivity index (χ1n) is 6.82. The summed E-state index contributed by atoms with van der Waals surface area (Å²) in [5.74, 6) is 1.39. The van der Waals surface area contributed by atoms with E-state index in [9.17, 15) is 0 Å². The Balaban J connectivity index is 2.61. The van der Waals surface area contributed by atoms with Crippen LogP contribution in [0.5, 0.6) is 0 Å². The summed E-state index contributed by atoms with van der Waals surface area (Å²) in [5, 5.41) is 12.4. The first-order chi connectivity index (χ1) is 8.71. The van der Waals surface area contributed by atoms with Crippen molar-refractivity contribution < 1.29 is 0 Å². The van der Waals surface area contributed by atoms with Gasteiger partial charge in [-0.15, -0.1) is 0 Å². The zero-order valence-corrected chi connectivity index (χ0v) is 11.7. The molecule has 18 heavy (non-hydrogen) atoms. The zero-order chi connectivity index (χ0) is 13.4. The van der Waals surface area contributed by atoms with Crippen molar-refractivity contribution in [1.29, 1.82) is 5.26 Å². The number of aryl methyl sites for hydroxylation is 1. The third-order valence-corrected chi connectivity index (χ3v) is 3.26. The second kappa shape index (κ2) is 7.71. The normalized spacial score (nSPS) is 11.9. The van der Waals surface area contributed by atoms with Crippen molar-refractivity contribution in [1.82, 2.24) is 4.98 Å². The molecule has 0 spiro atoms. The van der Waals surface area contributed by atoms with Crippen LogP contribution >= 0.6 is 0 Å². The van der Waals surface area contributed by atoms with Crippen molar-refractivity contribution in [2.75, 3.05) is 11.9 Å². The van der Waals surface area contributed by atoms with Gasteiger partial charge in [0.1, 0.15) is 11.9 Å². The first-order valence-corrected chi connectivity index (χ1v) is 6.82. The van der Waals surface area contributed by atoms with Crippen molar-refractivity contribution >= 4 is 5.82 Å². The van der Waals surface area contributed by atoms with Gasteiger partial charge >= 0.3 is 0 Å². The van der Waals surface area contributed by atoms with E-state index in [-0.39, 0.29) is 0 Å². The van der Waals surface area contributed by atoms with Crippen molar-refractivity contribution in [3.63, 3.8) is 0 Å². The van der Waals surface area contributed by atoms with Gasteiger partial charge in [0.05, 0.1) is 5.56 Å². The molecule has 0 saturated heterocycles. The highest BCUT2D eigenvalue weighted by molar-refractivity contribution is 5.52. The predicted molar refractivity (Wildman–Crippen MR) is 75.5 cm³/mol. The summed E-state index contributed by atoms with van der Waals surface area (Å²) in [6, 6.07) is 5.89. The van der Waals surface area contributed by atoms with Gasteiger partial charge < -0.3 is 5.32 Å². The number of rotatable bonds is 7. The lowest BCUT2D eigenvalue weighted by atomic mass is 9.99. The van der Waals surface area contributed by atoms with E-state index in [2.05, 4.69) is 30.2 Å². The second-order valence-corrected chi connectivity index (χ2v) is 4.76. The van der Waals surface area contributed by atoms with Crippen molar-refractivity contribution in [2.45, 2.75) is 46.5 Å². The standard InChI is InChI=1S/C15H23N3/c1-4-6-7-13(5-2)11-17-15-14(10-16)9-8-12(3)18-15/h8-9,13H,4-7,11H2,1-3H3,(H,17,18). The molecule has 1 aromatic heterocycles. The summed E-state index contributed by atoms with van der Waals surface area (Å²) in [5.41, 5.74) is 1.57. The maximum atomic E-state index is 9.04. The Bertz CT molecular complexity index is 407. The quantitative estimate of drug-likeness (QED) is 0.792. The van der Waals surface area contributed by atoms with Crippen LogP contribution in [0.15, 0.2) is 12.1 Å². The number of nitriles is 1. The van der Waals surface area contributed by atoms with E-state index in [0.29, 0.717) is 11.5 Å². The topological polar surface area (TPSA) is 48.7 Å². The SMILES string of the molecule is CCCCC(CC)CNc1nc(C)ccc1C#N. The summed E-state index contributed by atoms with van der Waals surface area (Å²) in [7, 11) is 0. The highest BCUT2D eigenvalue weighted by Gasteiger charge is 2.08. The Morgan fingerprint density at radius 3 is 2.78 bits per heavy atom. The third kappa shape index (κ3) is 4.37. The van der Waals surface area contributed by atoms with Gasteiger partial charge in [-0.05, 0) is 31.4 Å². The van der Waals surface area contributed by atoms with E-state index in [4.69, 9.17) is 5.26 Å². The molecule has 3 heteroatoms. The average Bonchev–Trinajstić information content (AvgIpc) is 2.39. The van der Waals surface area contributed by atoms with Crippen LogP contribution in [0.1, 0.15) is 50.8 Å². The summed E-state index contributed by atoms with van der Waals surface area (Å²) in [4.78, 5) is 4.40. The molecular weight excluding hydrogens is 222 g/mol. The van der Waals surface area contributed by atoms with E-state index in [1.54, 1.807) is 0 Å². The molecule has 1 atom stereocenters. The number of hydrogen-bond acceptors (Lipinski definition) is 3. The molecule has 3 nitrogen and oxygen atoms in total. The molecule has 1 rings (SSSR count). The van der Waals surface area contributed by atoms with E-state index in [1.165, 1.54) is 25.7 Å². The van der Waals surface area contributed by atoms with Crippen LogP contribution in [0.2, 0.25) is 0 Å². The van der Waals surface area contributed by atoms with Gasteiger partial charge in [-0.1, -0.05) is 33.1 Å². The molecule has 0 aromatic carbocycles. The third-order valence-electron chi connectivity index (χ3n) is 3.26. The Morgan fingerprint density at radius 2 is 2.17 bits per heavy atom. The van der Waals surface area contributed by atoms with Gasteiger partial charge in [0.2, 0.25) is 0 Å². The monoisotopic (exact) mass is 245 g/mol. The number of aromatic nitrogens is 1. The van der Waals surface area contributed by atoms with Crippen LogP contribution in [-0.2, 0) is 0 Å². The minimum atomic E-state index is 0.631. The molecule has 1 N–H and O–H groups in total. The van der Waals surface area contributed by atoms with Gasteiger partial charge in [-0.25, -0.2) is 4.98 Å². The summed E-state index contributed by atoms with van der Waals surface area (Å²) in [6.07, 6.45) is 4.92. The summed E-state index contributed by atoms with van der Waals surface area (Å²) < 4.78 is 0. The molecule has 0 fully saturated rings. The number of nitrogens with zero attached hydrogens (tertiary/aromatic N) is 2. The zero-order valence-electron chi connectivity index (χ0n) is 11.7. The fourth-order valence-corrected chi connectivity index (χ4v) is 1.97. The lowest BCUT2D eigenvalue weighted by molar-refractivity contribution is 0.472. The van der Waals surface area contributed by atoms with Crippen LogP contribution in [0.25, 0.3) is 0 Å². The molecular formula is C15H23N3. The summed E-state index contributed by atoms with van der Waals surface area (Å²) >= 11 is 0. The fourth-order valence-electron chi connectivity index (χ4n) is 1.97. The van der Waals surface area contributed by atoms with E-state index in [0.717, 1.165) is 18.1 Å². The molecule has 0 amide bonds. The average molecular weight is 245 g/mol. The Hall–Kier alpha value is -1.56. The van der Waals surface area contributed by atoms with Crippen molar-refractivity contribution in [2.24, 2.45) is 5.92 Å². The van der Waals surface area contributed by atoms with Crippen LogP contribution in [0.4, 0.5) is 5.82 Å². The highest BCUT2D eigenvalue weighted by Crippen LogP contribution is 2.16. The fraction of sp³-hybridized carbons (Fsp3) is 0.600. The Morgan fingerprint density at radius 1 is 1.39 bits per heavy atom. The largest absolute Gasteiger partial charge is 0.369 e. The van der Waals surface area contributed by atoms with Gasteiger partial charge in [0.15, 0.2) is 0 Å². The molecule has 0 radical (unpaired) electrons. The van der Waals surface area contributed by atoms with Gasteiger partial charge in [-0.3, -0.25) is 0 Å². The van der Waals surface area contributed by atoms with E-state index >= 15 is 0 Å². The smallest absolute Gasteiger partial charge is 0.144 e. The van der Waals surface area contributed by atoms with Crippen molar-refractivity contribution in [3.8, 4) is 6.07 Å². The maximum Gasteiger partial charge on any atom is 0.144 e. The molecule has 0 aliphatic heterocycles. The van der Waals surface area contributed by atoms with E-state index in [1.807, 2.05) is 19.1 Å². The summed E-state index contributed by atoms with van der Waals surface area (Å²) in [6.45, 7) is 7.29. The van der Waals surface area contributed by atoms with E-state index < -0.39 is 0 Å².